The summed E-state index contributed by atoms with van der Waals surface area (Å²) in [7, 11) is 0. The first-order chi connectivity index (χ1) is 21.8. The van der Waals surface area contributed by atoms with Crippen LogP contribution in [0, 0.1) is 5.82 Å². The van der Waals surface area contributed by atoms with Crippen LogP contribution < -0.4 is 14.8 Å². The van der Waals surface area contributed by atoms with Gasteiger partial charge in [0.25, 0.3) is 11.8 Å². The lowest BCUT2D eigenvalue weighted by molar-refractivity contribution is -0.122. The van der Waals surface area contributed by atoms with Crippen molar-refractivity contribution >= 4 is 58.3 Å². The Labute approximate surface area is 266 Å². The first kappa shape index (κ1) is 31.4. The Morgan fingerprint density at radius 1 is 1.11 bits per heavy atom. The van der Waals surface area contributed by atoms with Gasteiger partial charge in [0.15, 0.2) is 23.3 Å². The summed E-state index contributed by atoms with van der Waals surface area (Å²) in [5, 5.41) is 21.8. The average Bonchev–Trinajstić information content (AvgIpc) is 3.64. The predicted octanol–water partition coefficient (Wildman–Crippen LogP) is 6.70. The van der Waals surface area contributed by atoms with Gasteiger partial charge in [0.05, 0.1) is 30.5 Å². The topological polar surface area (TPSA) is 126 Å². The number of ether oxygens (including phenoxy) is 2. The first-order valence-corrected chi connectivity index (χ1v) is 14.8. The highest BCUT2D eigenvalue weighted by Gasteiger charge is 2.34. The zero-order chi connectivity index (χ0) is 31.8. The van der Waals surface area contributed by atoms with E-state index >= 15 is 0 Å². The van der Waals surface area contributed by atoms with Gasteiger partial charge in [-0.3, -0.25) is 14.5 Å². The monoisotopic (exact) mass is 648 g/mol. The Hall–Kier alpha value is -5.07. The number of nitrogens with one attached hydrogen (secondary N) is 1. The molecule has 0 aliphatic carbocycles. The van der Waals surface area contributed by atoms with Gasteiger partial charge < -0.3 is 24.3 Å². The molecule has 10 nitrogen and oxygen atoms in total. The van der Waals surface area contributed by atoms with Crippen LogP contribution in [-0.2, 0) is 16.1 Å². The van der Waals surface area contributed by atoms with Crippen LogP contribution >= 0.6 is 23.4 Å². The van der Waals surface area contributed by atoms with Crippen molar-refractivity contribution < 1.29 is 33.0 Å². The van der Waals surface area contributed by atoms with Crippen LogP contribution in [0.5, 0.6) is 17.2 Å². The summed E-state index contributed by atoms with van der Waals surface area (Å²) in [5.74, 6) is -0.0486. The van der Waals surface area contributed by atoms with Crippen LogP contribution in [0.25, 0.3) is 6.08 Å². The fourth-order valence-electron chi connectivity index (χ4n) is 4.09. The number of hydrogen-bond acceptors (Lipinski definition) is 9. The number of phenolic OH excluding ortho intramolecular Hbond substituents is 1. The molecule has 0 spiro atoms. The third kappa shape index (κ3) is 8.31. The summed E-state index contributed by atoms with van der Waals surface area (Å²) in [6.07, 6.45) is 4.59. The molecule has 1 aliphatic heterocycles. The van der Waals surface area contributed by atoms with Gasteiger partial charge in [-0.1, -0.05) is 11.6 Å². The van der Waals surface area contributed by atoms with Gasteiger partial charge in [-0.2, -0.15) is 5.10 Å². The molecule has 2 N–H and O–H groups in total. The fourth-order valence-corrected chi connectivity index (χ4v) is 5.19. The molecule has 1 saturated heterocycles. The lowest BCUT2D eigenvalue weighted by Crippen LogP contribution is -2.28. The number of anilines is 1. The minimum atomic E-state index is -0.458. The summed E-state index contributed by atoms with van der Waals surface area (Å²) >= 11 is 7.36. The predicted molar refractivity (Wildman–Crippen MR) is 171 cm³/mol. The number of hydrogen-bond donors (Lipinski definition) is 2. The summed E-state index contributed by atoms with van der Waals surface area (Å²) in [4.78, 5) is 27.8. The third-order valence-corrected chi connectivity index (χ3v) is 7.39. The molecule has 0 radical (unpaired) electrons. The zero-order valence-corrected chi connectivity index (χ0v) is 25.3. The molecular formula is C32H26ClFN4O6S. The number of carbonyl (C=O) groups excluding carboxylic acids is 2. The van der Waals surface area contributed by atoms with E-state index in [4.69, 9.17) is 25.5 Å². The molecule has 0 saturated carbocycles. The molecule has 2 amide bonds. The number of aromatic hydroxyl groups is 1. The van der Waals surface area contributed by atoms with E-state index in [2.05, 4.69) is 15.5 Å². The quantitative estimate of drug-likeness (QED) is 0.105. The smallest absolute Gasteiger partial charge is 0.267 e. The number of rotatable bonds is 11. The molecule has 5 rings (SSSR count). The number of furan rings is 1. The van der Waals surface area contributed by atoms with Crippen LogP contribution in [0.2, 0.25) is 5.02 Å². The highest BCUT2D eigenvalue weighted by molar-refractivity contribution is 8.18. The van der Waals surface area contributed by atoms with Gasteiger partial charge >= 0.3 is 0 Å². The molecule has 1 fully saturated rings. The molecule has 45 heavy (non-hydrogen) atoms. The second-order valence-corrected chi connectivity index (χ2v) is 10.8. The summed E-state index contributed by atoms with van der Waals surface area (Å²) in [6.45, 7) is 1.96. The number of carbonyl (C=O) groups is 2. The highest BCUT2D eigenvalue weighted by Crippen LogP contribution is 2.36. The van der Waals surface area contributed by atoms with E-state index < -0.39 is 11.7 Å². The minimum absolute atomic E-state index is 0.00883. The summed E-state index contributed by atoms with van der Waals surface area (Å²) in [5.41, 5.74) is 1.51. The van der Waals surface area contributed by atoms with Crippen LogP contribution in [0.3, 0.4) is 0 Å². The highest BCUT2D eigenvalue weighted by atomic mass is 35.5. The number of amidine groups is 1. The Morgan fingerprint density at radius 2 is 1.93 bits per heavy atom. The number of benzene rings is 3. The van der Waals surface area contributed by atoms with E-state index in [1.54, 1.807) is 48.5 Å². The molecule has 13 heteroatoms. The summed E-state index contributed by atoms with van der Waals surface area (Å²) in [6, 6.07) is 18.4. The Balaban J connectivity index is 1.37. The van der Waals surface area contributed by atoms with E-state index in [1.165, 1.54) is 47.7 Å². The molecule has 1 aromatic heterocycles. The van der Waals surface area contributed by atoms with Gasteiger partial charge in [0, 0.05) is 16.3 Å². The van der Waals surface area contributed by atoms with E-state index in [1.807, 2.05) is 6.92 Å². The average molecular weight is 649 g/mol. The maximum absolute atomic E-state index is 13.6. The first-order valence-electron chi connectivity index (χ1n) is 13.6. The van der Waals surface area contributed by atoms with Crippen LogP contribution in [0.15, 0.2) is 98.6 Å². The molecule has 0 atom stereocenters. The second kappa shape index (κ2) is 14.6. The normalized spacial score (nSPS) is 14.9. The van der Waals surface area contributed by atoms with Crippen molar-refractivity contribution in [1.29, 1.82) is 0 Å². The van der Waals surface area contributed by atoms with Crippen molar-refractivity contribution in [1.82, 2.24) is 4.90 Å². The number of thioether (sulfide) groups is 1. The molecule has 0 unspecified atom stereocenters. The van der Waals surface area contributed by atoms with Crippen LogP contribution in [-0.4, -0.2) is 46.4 Å². The lowest BCUT2D eigenvalue weighted by atomic mass is 10.2. The van der Waals surface area contributed by atoms with Crippen molar-refractivity contribution in [3.8, 4) is 17.2 Å². The maximum Gasteiger partial charge on any atom is 0.267 e. The van der Waals surface area contributed by atoms with Crippen LogP contribution in [0.1, 0.15) is 23.8 Å². The Morgan fingerprint density at radius 3 is 2.69 bits per heavy atom. The number of halogens is 2. The maximum atomic E-state index is 13.6. The van der Waals surface area contributed by atoms with E-state index in [-0.39, 0.29) is 24.8 Å². The largest absolute Gasteiger partial charge is 0.504 e. The SMILES string of the molecule is CCOc1cc(/C=N/N=C2\S/C(=C\c3cc(Cl)ccc3OCC(=O)Nc3ccc(F)cc3)C(=O)N2Cc2ccco2)ccc1O. The Kier molecular flexibility index (Phi) is 10.2. The lowest BCUT2D eigenvalue weighted by Gasteiger charge is -2.13. The van der Waals surface area contributed by atoms with Crippen molar-refractivity contribution in [3.05, 3.63) is 112 Å². The van der Waals surface area contributed by atoms with Gasteiger partial charge in [-0.05, 0) is 103 Å². The van der Waals surface area contributed by atoms with Gasteiger partial charge in [0.1, 0.15) is 17.3 Å². The molecule has 2 heterocycles. The zero-order valence-electron chi connectivity index (χ0n) is 23.8. The third-order valence-electron chi connectivity index (χ3n) is 6.16. The number of amides is 2. The van der Waals surface area contributed by atoms with Crippen molar-refractivity contribution in [2.75, 3.05) is 18.5 Å². The van der Waals surface area contributed by atoms with E-state index in [0.29, 0.717) is 55.8 Å². The number of phenols is 1. The fraction of sp³-hybridized carbons (Fsp3) is 0.125. The second-order valence-electron chi connectivity index (χ2n) is 9.39. The van der Waals surface area contributed by atoms with Gasteiger partial charge in [0.2, 0.25) is 0 Å². The molecule has 3 aromatic carbocycles. The van der Waals surface area contributed by atoms with Crippen molar-refractivity contribution in [2.45, 2.75) is 13.5 Å². The van der Waals surface area contributed by atoms with Crippen molar-refractivity contribution in [3.63, 3.8) is 0 Å². The minimum Gasteiger partial charge on any atom is -0.504 e. The number of nitrogens with zero attached hydrogens (tertiary/aromatic N) is 3. The Bertz CT molecular complexity index is 1780. The molecular weight excluding hydrogens is 623 g/mol. The molecule has 1 aliphatic rings. The summed E-state index contributed by atoms with van der Waals surface area (Å²) < 4.78 is 29.8. The van der Waals surface area contributed by atoms with Crippen molar-refractivity contribution in [2.24, 2.45) is 10.2 Å². The standard InChI is InChI=1S/C32H26ClFN4O6S/c1-2-42-28-14-20(5-11-26(28)39)17-35-37-32-38(18-25-4-3-13-43-25)31(41)29(45-32)16-21-15-22(33)6-12-27(21)44-19-30(40)36-24-9-7-23(34)8-10-24/h3-17,39H,2,18-19H2,1H3,(H,36,40)/b29-16-,35-17+,37-32-. The van der Waals surface area contributed by atoms with E-state index in [0.717, 1.165) is 11.8 Å². The van der Waals surface area contributed by atoms with Gasteiger partial charge in [-0.15, -0.1) is 5.10 Å². The van der Waals surface area contributed by atoms with Gasteiger partial charge in [-0.25, -0.2) is 4.39 Å². The van der Waals surface area contributed by atoms with Crippen LogP contribution in [0.4, 0.5) is 10.1 Å². The molecule has 230 valence electrons. The van der Waals surface area contributed by atoms with E-state index in [9.17, 15) is 19.1 Å². The molecule has 4 aromatic rings. The molecule has 0 bridgehead atoms.